The molecule has 0 atom stereocenters. The summed E-state index contributed by atoms with van der Waals surface area (Å²) < 4.78 is 0. The van der Waals surface area contributed by atoms with Crippen LogP contribution in [0.3, 0.4) is 0 Å². The number of H-pyrrole nitrogens is 1. The monoisotopic (exact) mass is 177 g/mol. The summed E-state index contributed by atoms with van der Waals surface area (Å²) >= 11 is 0. The molecule has 2 rings (SSSR count). The Hall–Kier alpha value is -0.685. The first-order chi connectivity index (χ1) is 5.88. The maximum Gasteiger partial charge on any atom is 1.00 e. The third kappa shape index (κ3) is 3.69. The second kappa shape index (κ2) is 6.79. The first-order valence-corrected chi connectivity index (χ1v) is 3.50. The summed E-state index contributed by atoms with van der Waals surface area (Å²) in [6.45, 7) is 0. The molecule has 0 saturated carbocycles. The van der Waals surface area contributed by atoms with E-state index < -0.39 is 0 Å². The molecule has 1 N–H and O–H groups in total. The first-order valence-electron chi connectivity index (χ1n) is 3.50. The van der Waals surface area contributed by atoms with Gasteiger partial charge in [0.1, 0.15) is 0 Å². The number of benzene rings is 1. The van der Waals surface area contributed by atoms with Gasteiger partial charge in [-0.1, -0.05) is 18.2 Å². The minimum absolute atomic E-state index is 0. The Bertz CT molecular complexity index is 361. The summed E-state index contributed by atoms with van der Waals surface area (Å²) in [7, 11) is 4.15. The maximum absolute atomic E-state index is 7.10. The van der Waals surface area contributed by atoms with Crippen molar-refractivity contribution in [1.29, 1.82) is 5.26 Å². The number of aromatic amines is 1. The molecule has 0 amide bonds. The van der Waals surface area contributed by atoms with Crippen LogP contribution in [0, 0.1) is 11.2 Å². The quantitative estimate of drug-likeness (QED) is 0.505. The van der Waals surface area contributed by atoms with Crippen LogP contribution in [0.1, 0.15) is 0 Å². The third-order valence-electron chi connectivity index (χ3n) is 1.46. The zero-order chi connectivity index (χ0) is 8.81. The second-order valence-electron chi connectivity index (χ2n) is 2.19. The van der Waals surface area contributed by atoms with Crippen LogP contribution in [-0.2, 0) is 0 Å². The Labute approximate surface area is 101 Å². The van der Waals surface area contributed by atoms with E-state index in [1.807, 2.05) is 18.3 Å². The molecule has 0 fully saturated rings. The molecule has 2 nitrogen and oxygen atoms in total. The van der Waals surface area contributed by atoms with Crippen molar-refractivity contribution >= 4 is 18.7 Å². The Morgan fingerprint density at radius 1 is 1.23 bits per heavy atom. The van der Waals surface area contributed by atoms with E-state index in [2.05, 4.69) is 31.0 Å². The van der Waals surface area contributed by atoms with Gasteiger partial charge in [-0.3, -0.25) is 11.2 Å². The number of rotatable bonds is 0. The largest absolute Gasteiger partial charge is 1.00 e. The van der Waals surface area contributed by atoms with Gasteiger partial charge in [0.25, 0.3) is 0 Å². The van der Waals surface area contributed by atoms with Crippen molar-refractivity contribution in [3.63, 3.8) is 0 Å². The van der Waals surface area contributed by atoms with Crippen molar-refractivity contribution in [3.05, 3.63) is 36.5 Å². The predicted molar refractivity (Wildman–Crippen MR) is 49.7 cm³/mol. The molecule has 1 aromatic heterocycles. The molecular formula is C9H7BN2Na. The van der Waals surface area contributed by atoms with Gasteiger partial charge in [-0.05, 0) is 17.5 Å². The SMILES string of the molecule is [B-]C#N.[Na+].c1ccc2[nH]ccc2c1. The Morgan fingerprint density at radius 3 is 2.46 bits per heavy atom. The summed E-state index contributed by atoms with van der Waals surface area (Å²) in [5.41, 5.74) is 1.21. The van der Waals surface area contributed by atoms with Crippen LogP contribution >= 0.6 is 0 Å². The zero-order valence-electron chi connectivity index (χ0n) is 7.49. The Morgan fingerprint density at radius 2 is 1.85 bits per heavy atom. The number of nitriles is 1. The van der Waals surface area contributed by atoms with Gasteiger partial charge >= 0.3 is 29.6 Å². The van der Waals surface area contributed by atoms with E-state index in [1.165, 1.54) is 16.9 Å². The molecule has 1 aromatic carbocycles. The molecule has 13 heavy (non-hydrogen) atoms. The van der Waals surface area contributed by atoms with Crippen LogP contribution in [-0.4, -0.2) is 12.8 Å². The summed E-state index contributed by atoms with van der Waals surface area (Å²) in [4.78, 5) is 3.12. The average Bonchev–Trinajstić information content (AvgIpc) is 2.52. The molecule has 0 aliphatic carbocycles. The van der Waals surface area contributed by atoms with Gasteiger partial charge in [-0.15, -0.1) is 0 Å². The van der Waals surface area contributed by atoms with Gasteiger partial charge in [0.15, 0.2) is 0 Å². The molecular weight excluding hydrogens is 170 g/mol. The van der Waals surface area contributed by atoms with Gasteiger partial charge in [0.2, 0.25) is 0 Å². The van der Waals surface area contributed by atoms with Gasteiger partial charge in [0.05, 0.1) is 0 Å². The van der Waals surface area contributed by atoms with Gasteiger partial charge < -0.3 is 12.8 Å². The molecule has 1 heterocycles. The van der Waals surface area contributed by atoms with Crippen molar-refractivity contribution in [2.24, 2.45) is 0 Å². The number of nitrogens with zero attached hydrogens (tertiary/aromatic N) is 1. The van der Waals surface area contributed by atoms with Gasteiger partial charge in [-0.25, -0.2) is 0 Å². The standard InChI is InChI=1S/C8H7N.CBN.Na/c1-2-4-8-7(3-1)5-6-9-8;2-1-3;/h1-6,9H;;/q;-1;+1. The Kier molecular flexibility index (Phi) is 6.43. The van der Waals surface area contributed by atoms with Crippen LogP contribution in [0.5, 0.6) is 0 Å². The van der Waals surface area contributed by atoms with Gasteiger partial charge in [-0.2, -0.15) is 0 Å². The third-order valence-corrected chi connectivity index (χ3v) is 1.46. The smallest absolute Gasteiger partial charge is 0.466 e. The summed E-state index contributed by atoms with van der Waals surface area (Å²) in [6.07, 6.45) is 1.95. The number of para-hydroxylation sites is 1. The second-order valence-corrected chi connectivity index (χ2v) is 2.19. The van der Waals surface area contributed by atoms with Crippen LogP contribution < -0.4 is 29.6 Å². The minimum Gasteiger partial charge on any atom is -0.466 e. The van der Waals surface area contributed by atoms with E-state index in [4.69, 9.17) is 5.26 Å². The molecule has 0 unspecified atom stereocenters. The molecule has 2 aromatic rings. The van der Waals surface area contributed by atoms with Crippen LogP contribution in [0.25, 0.3) is 10.9 Å². The normalized spacial score (nSPS) is 7.69. The van der Waals surface area contributed by atoms with E-state index in [1.54, 1.807) is 0 Å². The molecule has 0 aliphatic rings. The molecule has 0 aliphatic heterocycles. The molecule has 4 heteroatoms. The minimum atomic E-state index is 0. The molecule has 3 radical (unpaired) electrons. The van der Waals surface area contributed by atoms with Crippen LogP contribution in [0.2, 0.25) is 0 Å². The molecule has 0 saturated heterocycles. The average molecular weight is 177 g/mol. The fourth-order valence-corrected chi connectivity index (χ4v) is 0.995. The molecule has 0 spiro atoms. The number of hydrogen-bond acceptors (Lipinski definition) is 1. The predicted octanol–water partition coefficient (Wildman–Crippen LogP) is -1.19. The maximum atomic E-state index is 7.10. The van der Waals surface area contributed by atoms with E-state index >= 15 is 0 Å². The van der Waals surface area contributed by atoms with Crippen LogP contribution in [0.15, 0.2) is 36.5 Å². The van der Waals surface area contributed by atoms with E-state index in [0.717, 1.165) is 0 Å². The topological polar surface area (TPSA) is 39.6 Å². The molecule has 0 bridgehead atoms. The number of hydrogen-bond donors (Lipinski definition) is 1. The van der Waals surface area contributed by atoms with Crippen molar-refractivity contribution < 1.29 is 29.6 Å². The number of aromatic nitrogens is 1. The fourth-order valence-electron chi connectivity index (χ4n) is 0.995. The van der Waals surface area contributed by atoms with Crippen molar-refractivity contribution in [3.8, 4) is 5.97 Å². The van der Waals surface area contributed by atoms with E-state index in [-0.39, 0.29) is 29.6 Å². The summed E-state index contributed by atoms with van der Waals surface area (Å²) in [6, 6.07) is 10.3. The van der Waals surface area contributed by atoms with E-state index in [0.29, 0.717) is 0 Å². The summed E-state index contributed by atoms with van der Waals surface area (Å²) in [5, 5.41) is 8.37. The van der Waals surface area contributed by atoms with Crippen molar-refractivity contribution in [1.82, 2.24) is 4.98 Å². The van der Waals surface area contributed by atoms with Crippen LogP contribution in [0.4, 0.5) is 0 Å². The first kappa shape index (κ1) is 12.3. The molecule has 57 valence electrons. The fraction of sp³-hybridized carbons (Fsp3) is 0. The zero-order valence-corrected chi connectivity index (χ0v) is 9.49. The van der Waals surface area contributed by atoms with E-state index in [9.17, 15) is 0 Å². The number of nitrogens with one attached hydrogen (secondary N) is 1. The van der Waals surface area contributed by atoms with Crippen molar-refractivity contribution in [2.45, 2.75) is 0 Å². The van der Waals surface area contributed by atoms with Gasteiger partial charge in [0, 0.05) is 11.7 Å². The number of fused-ring (bicyclic) bond motifs is 1. The Balaban J connectivity index is 0.000000324. The van der Waals surface area contributed by atoms with Crippen molar-refractivity contribution in [2.75, 3.05) is 0 Å². The summed E-state index contributed by atoms with van der Waals surface area (Å²) in [5.74, 6) is 1.25.